The third-order valence-electron chi connectivity index (χ3n) is 3.21. The molecule has 0 atom stereocenters. The van der Waals surface area contributed by atoms with Crippen molar-refractivity contribution < 1.29 is 4.79 Å². The standard InChI is InChI=1S/C17H15N3OS/c1-13-7-9-14(10-8-13)11-18-19-17-20(16(21)12-22-17)15-5-3-2-4-6-15/h2-11H,12H2,1H3/b18-11+,19-17+. The highest BCUT2D eigenvalue weighted by Gasteiger charge is 2.29. The van der Waals surface area contributed by atoms with Crippen LogP contribution in [0.1, 0.15) is 11.1 Å². The predicted molar refractivity (Wildman–Crippen MR) is 92.6 cm³/mol. The van der Waals surface area contributed by atoms with Gasteiger partial charge in [-0.1, -0.05) is 59.8 Å². The molecule has 22 heavy (non-hydrogen) atoms. The van der Waals surface area contributed by atoms with Crippen LogP contribution >= 0.6 is 11.8 Å². The lowest BCUT2D eigenvalue weighted by molar-refractivity contribution is -0.115. The zero-order valence-electron chi connectivity index (χ0n) is 12.1. The largest absolute Gasteiger partial charge is 0.273 e. The van der Waals surface area contributed by atoms with Crippen molar-refractivity contribution >= 4 is 34.7 Å². The second kappa shape index (κ2) is 6.58. The monoisotopic (exact) mass is 309 g/mol. The van der Waals surface area contributed by atoms with Crippen LogP contribution in [-0.2, 0) is 4.79 Å². The van der Waals surface area contributed by atoms with Gasteiger partial charge in [0.25, 0.3) is 0 Å². The lowest BCUT2D eigenvalue weighted by Crippen LogP contribution is -2.28. The van der Waals surface area contributed by atoms with E-state index in [0.29, 0.717) is 10.9 Å². The van der Waals surface area contributed by atoms with E-state index in [1.807, 2.05) is 61.5 Å². The average Bonchev–Trinajstić information content (AvgIpc) is 2.91. The van der Waals surface area contributed by atoms with Gasteiger partial charge >= 0.3 is 0 Å². The molecule has 0 unspecified atom stereocenters. The molecule has 110 valence electrons. The minimum atomic E-state index is 0.0282. The fourth-order valence-corrected chi connectivity index (χ4v) is 2.89. The average molecular weight is 309 g/mol. The van der Waals surface area contributed by atoms with Crippen molar-refractivity contribution in [1.82, 2.24) is 0 Å². The molecule has 3 rings (SSSR count). The molecule has 0 bridgehead atoms. The number of hydrogen-bond donors (Lipinski definition) is 0. The molecule has 0 aromatic heterocycles. The van der Waals surface area contributed by atoms with E-state index in [2.05, 4.69) is 10.2 Å². The minimum Gasteiger partial charge on any atom is -0.273 e. The van der Waals surface area contributed by atoms with Crippen LogP contribution in [-0.4, -0.2) is 23.0 Å². The van der Waals surface area contributed by atoms with E-state index in [4.69, 9.17) is 0 Å². The first-order valence-corrected chi connectivity index (χ1v) is 7.91. The predicted octanol–water partition coefficient (Wildman–Crippen LogP) is 3.46. The Kier molecular flexibility index (Phi) is 4.34. The van der Waals surface area contributed by atoms with E-state index in [1.54, 1.807) is 11.1 Å². The molecule has 0 saturated carbocycles. The van der Waals surface area contributed by atoms with Crippen LogP contribution in [0.4, 0.5) is 5.69 Å². The molecule has 1 heterocycles. The summed E-state index contributed by atoms with van der Waals surface area (Å²) < 4.78 is 0. The van der Waals surface area contributed by atoms with Gasteiger partial charge < -0.3 is 0 Å². The third-order valence-corrected chi connectivity index (χ3v) is 4.12. The van der Waals surface area contributed by atoms with Gasteiger partial charge in [0.2, 0.25) is 5.91 Å². The van der Waals surface area contributed by atoms with Gasteiger partial charge in [-0.25, -0.2) is 0 Å². The number of rotatable bonds is 3. The lowest BCUT2D eigenvalue weighted by Gasteiger charge is -2.14. The summed E-state index contributed by atoms with van der Waals surface area (Å²) in [5.74, 6) is 0.425. The molecule has 0 spiro atoms. The van der Waals surface area contributed by atoms with E-state index in [9.17, 15) is 4.79 Å². The summed E-state index contributed by atoms with van der Waals surface area (Å²) in [6, 6.07) is 17.5. The second-order valence-corrected chi connectivity index (χ2v) is 5.83. The zero-order chi connectivity index (χ0) is 15.4. The van der Waals surface area contributed by atoms with Crippen LogP contribution < -0.4 is 4.90 Å². The van der Waals surface area contributed by atoms with E-state index in [0.717, 1.165) is 11.3 Å². The summed E-state index contributed by atoms with van der Waals surface area (Å²) in [5.41, 5.74) is 3.01. The van der Waals surface area contributed by atoms with Crippen molar-refractivity contribution in [3.8, 4) is 0 Å². The molecule has 0 N–H and O–H groups in total. The number of aryl methyl sites for hydroxylation is 1. The highest BCUT2D eigenvalue weighted by molar-refractivity contribution is 8.15. The first-order chi connectivity index (χ1) is 10.7. The molecular formula is C17H15N3OS. The Labute approximate surface area is 133 Å². The quantitative estimate of drug-likeness (QED) is 0.644. The van der Waals surface area contributed by atoms with Gasteiger partial charge in [0, 0.05) is 0 Å². The van der Waals surface area contributed by atoms with Gasteiger partial charge in [-0.15, -0.1) is 5.10 Å². The Morgan fingerprint density at radius 1 is 1.09 bits per heavy atom. The number of benzene rings is 2. The summed E-state index contributed by atoms with van der Waals surface area (Å²) in [4.78, 5) is 13.6. The first-order valence-electron chi connectivity index (χ1n) is 6.92. The molecule has 5 heteroatoms. The zero-order valence-corrected chi connectivity index (χ0v) is 13.0. The molecule has 4 nitrogen and oxygen atoms in total. The molecule has 1 amide bonds. The molecule has 1 aliphatic rings. The fourth-order valence-electron chi connectivity index (χ4n) is 2.06. The Bertz CT molecular complexity index is 723. The first kappa shape index (κ1) is 14.5. The van der Waals surface area contributed by atoms with Crippen LogP contribution in [0, 0.1) is 6.92 Å². The highest BCUT2D eigenvalue weighted by Crippen LogP contribution is 2.26. The summed E-state index contributed by atoms with van der Waals surface area (Å²) >= 11 is 1.40. The van der Waals surface area contributed by atoms with Gasteiger partial charge in [-0.3, -0.25) is 9.69 Å². The van der Waals surface area contributed by atoms with Crippen molar-refractivity contribution in [2.45, 2.75) is 6.92 Å². The van der Waals surface area contributed by atoms with Gasteiger partial charge in [-0.05, 0) is 24.6 Å². The molecule has 1 aliphatic heterocycles. The van der Waals surface area contributed by atoms with E-state index < -0.39 is 0 Å². The molecular weight excluding hydrogens is 294 g/mol. The van der Waals surface area contributed by atoms with Crippen LogP contribution in [0.3, 0.4) is 0 Å². The molecule has 0 aliphatic carbocycles. The van der Waals surface area contributed by atoms with Crippen molar-refractivity contribution in [3.05, 3.63) is 65.7 Å². The van der Waals surface area contributed by atoms with E-state index in [1.165, 1.54) is 17.3 Å². The van der Waals surface area contributed by atoms with Gasteiger partial charge in [0.05, 0.1) is 17.7 Å². The van der Waals surface area contributed by atoms with Gasteiger partial charge in [0.15, 0.2) is 5.17 Å². The van der Waals surface area contributed by atoms with Crippen molar-refractivity contribution in [1.29, 1.82) is 0 Å². The molecule has 2 aromatic rings. The van der Waals surface area contributed by atoms with Crippen molar-refractivity contribution in [2.75, 3.05) is 10.7 Å². The third kappa shape index (κ3) is 3.26. The number of amides is 1. The second-order valence-electron chi connectivity index (χ2n) is 4.89. The summed E-state index contributed by atoms with van der Waals surface area (Å²) in [7, 11) is 0. The molecule has 2 aromatic carbocycles. The normalized spacial score (nSPS) is 16.9. The summed E-state index contributed by atoms with van der Waals surface area (Å²) in [6.07, 6.45) is 1.69. The maximum atomic E-state index is 12.0. The lowest BCUT2D eigenvalue weighted by atomic mass is 10.2. The van der Waals surface area contributed by atoms with Crippen LogP contribution in [0.15, 0.2) is 64.8 Å². The van der Waals surface area contributed by atoms with E-state index >= 15 is 0 Å². The van der Waals surface area contributed by atoms with Crippen molar-refractivity contribution in [3.63, 3.8) is 0 Å². The summed E-state index contributed by atoms with van der Waals surface area (Å²) in [6.45, 7) is 2.04. The Morgan fingerprint density at radius 2 is 1.82 bits per heavy atom. The fraction of sp³-hybridized carbons (Fsp3) is 0.118. The number of anilines is 1. The molecule has 1 saturated heterocycles. The SMILES string of the molecule is Cc1ccc(/C=N/N=C2/SCC(=O)N2c2ccccc2)cc1. The number of carbonyl (C=O) groups excluding carboxylic acids is 1. The van der Waals surface area contributed by atoms with E-state index in [-0.39, 0.29) is 5.91 Å². The smallest absolute Gasteiger partial charge is 0.243 e. The number of carbonyl (C=O) groups is 1. The van der Waals surface area contributed by atoms with Gasteiger partial charge in [-0.2, -0.15) is 5.10 Å². The molecule has 1 fully saturated rings. The maximum absolute atomic E-state index is 12.0. The number of para-hydroxylation sites is 1. The number of hydrogen-bond acceptors (Lipinski definition) is 4. The minimum absolute atomic E-state index is 0.0282. The maximum Gasteiger partial charge on any atom is 0.243 e. The highest BCUT2D eigenvalue weighted by atomic mass is 32.2. The Morgan fingerprint density at radius 3 is 2.55 bits per heavy atom. The number of thioether (sulfide) groups is 1. The van der Waals surface area contributed by atoms with Gasteiger partial charge in [0.1, 0.15) is 0 Å². The van der Waals surface area contributed by atoms with Crippen molar-refractivity contribution in [2.24, 2.45) is 10.2 Å². The number of amidine groups is 1. The molecule has 0 radical (unpaired) electrons. The summed E-state index contributed by atoms with van der Waals surface area (Å²) in [5, 5.41) is 8.93. The van der Waals surface area contributed by atoms with Crippen LogP contribution in [0.2, 0.25) is 0 Å². The van der Waals surface area contributed by atoms with Crippen LogP contribution in [0.25, 0.3) is 0 Å². The van der Waals surface area contributed by atoms with Crippen LogP contribution in [0.5, 0.6) is 0 Å². The Hall–Kier alpha value is -2.40. The topological polar surface area (TPSA) is 45.0 Å². The number of nitrogens with zero attached hydrogens (tertiary/aromatic N) is 3. The Balaban J connectivity index is 1.80.